The summed E-state index contributed by atoms with van der Waals surface area (Å²) in [6.45, 7) is 11.4. The van der Waals surface area contributed by atoms with Crippen LogP contribution in [0.15, 0.2) is 54.1 Å². The second-order valence-corrected chi connectivity index (χ2v) is 8.17. The predicted molar refractivity (Wildman–Crippen MR) is 138 cm³/mol. The van der Waals surface area contributed by atoms with Crippen molar-refractivity contribution in [2.45, 2.75) is 41.0 Å². The van der Waals surface area contributed by atoms with Crippen molar-refractivity contribution in [1.29, 1.82) is 0 Å². The fourth-order valence-corrected chi connectivity index (χ4v) is 3.68. The van der Waals surface area contributed by atoms with Crippen LogP contribution in [-0.2, 0) is 21.7 Å². The molecule has 0 saturated carbocycles. The van der Waals surface area contributed by atoms with Gasteiger partial charge in [-0.3, -0.25) is 0 Å². The summed E-state index contributed by atoms with van der Waals surface area (Å²) >= 11 is 0. The normalized spacial score (nSPS) is 11.7. The third kappa shape index (κ3) is 9.08. The summed E-state index contributed by atoms with van der Waals surface area (Å²) < 4.78 is 0. The molecule has 0 aromatic heterocycles. The summed E-state index contributed by atoms with van der Waals surface area (Å²) in [5.41, 5.74) is 17.3. The Kier molecular flexibility index (Phi) is 15.3. The van der Waals surface area contributed by atoms with Crippen molar-refractivity contribution in [3.8, 4) is 0 Å². The number of rotatable bonds is 4. The standard InChI is InChI=1S/C17H22N.C9H12N.2ClH.Ti/c1-13(2)15-9-5-6-10-17(15)16-11-7-8-14(16)12-18(3)4;1-6-4-7(2)9(10)8(3)5-6;;;/h5-10H,11-12H2,1-4H3;4-5,10H,1-3H3;2*1H;/q2*-1;;;+2. The Morgan fingerprint density at radius 2 is 1.52 bits per heavy atom. The average molecular weight is 495 g/mol. The summed E-state index contributed by atoms with van der Waals surface area (Å²) in [6, 6.07) is 12.8. The number of allylic oxidation sites excluding steroid dienone is 2. The minimum Gasteiger partial charge on any atom is -0.698 e. The van der Waals surface area contributed by atoms with Crippen molar-refractivity contribution in [1.82, 2.24) is 4.90 Å². The zero-order chi connectivity index (χ0) is 20.8. The number of nitrogens with one attached hydrogen (secondary N) is 1. The molecule has 0 bridgehead atoms. The molecule has 0 amide bonds. The van der Waals surface area contributed by atoms with Gasteiger partial charge in [-0.1, -0.05) is 66.5 Å². The van der Waals surface area contributed by atoms with Gasteiger partial charge >= 0.3 is 21.7 Å². The van der Waals surface area contributed by atoms with Crippen LogP contribution in [-0.4, -0.2) is 25.5 Å². The zero-order valence-corrected chi connectivity index (χ0v) is 23.0. The molecule has 5 heteroatoms. The first-order chi connectivity index (χ1) is 13.2. The van der Waals surface area contributed by atoms with Crippen LogP contribution in [0.2, 0.25) is 0 Å². The monoisotopic (exact) mass is 494 g/mol. The van der Waals surface area contributed by atoms with E-state index in [0.717, 1.165) is 24.1 Å². The van der Waals surface area contributed by atoms with Crippen LogP contribution in [0.5, 0.6) is 0 Å². The Bertz CT molecular complexity index is 864. The molecule has 3 rings (SSSR count). The molecule has 0 radical (unpaired) electrons. The second kappa shape index (κ2) is 14.8. The second-order valence-electron chi connectivity index (χ2n) is 8.17. The van der Waals surface area contributed by atoms with Crippen LogP contribution in [0.1, 0.15) is 48.1 Å². The van der Waals surface area contributed by atoms with Crippen molar-refractivity contribution < 1.29 is 21.7 Å². The first-order valence-corrected chi connectivity index (χ1v) is 9.93. The van der Waals surface area contributed by atoms with Gasteiger partial charge < -0.3 is 10.6 Å². The van der Waals surface area contributed by atoms with E-state index >= 15 is 0 Å². The molecule has 0 atom stereocenters. The van der Waals surface area contributed by atoms with Crippen LogP contribution in [0, 0.1) is 26.7 Å². The van der Waals surface area contributed by atoms with Gasteiger partial charge in [0.2, 0.25) is 0 Å². The van der Waals surface area contributed by atoms with Crippen LogP contribution in [0.4, 0.5) is 5.69 Å². The molecule has 2 aromatic carbocycles. The summed E-state index contributed by atoms with van der Waals surface area (Å²) in [5.74, 6) is 1.38. The van der Waals surface area contributed by atoms with Crippen molar-refractivity contribution in [3.05, 3.63) is 93.6 Å². The Labute approximate surface area is 217 Å². The molecule has 2 aromatic rings. The van der Waals surface area contributed by atoms with E-state index in [1.807, 2.05) is 26.0 Å². The van der Waals surface area contributed by atoms with Gasteiger partial charge in [0.1, 0.15) is 0 Å². The molecule has 0 saturated heterocycles. The molecular formula is C26H36Cl2N2Ti. The maximum Gasteiger partial charge on any atom is 2.00 e. The SMILES string of the molecule is C[C-](C)c1ccccc1C1=C(CN(C)C)C=CC1.Cc1cc(C)c([NH-])c(C)c1.Cl.Cl.[Ti+2]. The van der Waals surface area contributed by atoms with Gasteiger partial charge in [-0.25, -0.2) is 0 Å². The number of aryl methyl sites for hydroxylation is 3. The molecule has 0 fully saturated rings. The number of nitrogens with zero attached hydrogens (tertiary/aromatic N) is 1. The van der Waals surface area contributed by atoms with E-state index in [1.165, 1.54) is 33.8 Å². The first kappa shape index (κ1) is 32.0. The van der Waals surface area contributed by atoms with Crippen LogP contribution >= 0.6 is 24.8 Å². The fraction of sp³-hybridized carbons (Fsp3) is 0.346. The molecule has 0 spiro atoms. The van der Waals surface area contributed by atoms with E-state index in [1.54, 1.807) is 0 Å². The number of hydrogen-bond acceptors (Lipinski definition) is 1. The number of benzene rings is 2. The Balaban J connectivity index is 0. The van der Waals surface area contributed by atoms with E-state index in [0.29, 0.717) is 5.69 Å². The first-order valence-electron chi connectivity index (χ1n) is 9.93. The minimum atomic E-state index is 0. The Morgan fingerprint density at radius 3 is 2.03 bits per heavy atom. The molecule has 168 valence electrons. The van der Waals surface area contributed by atoms with Crippen LogP contribution in [0.3, 0.4) is 0 Å². The average Bonchev–Trinajstić information content (AvgIpc) is 3.07. The minimum absolute atomic E-state index is 0. The fourth-order valence-electron chi connectivity index (χ4n) is 3.68. The third-order valence-electron chi connectivity index (χ3n) is 4.98. The maximum absolute atomic E-state index is 7.54. The van der Waals surface area contributed by atoms with Gasteiger partial charge in [0.25, 0.3) is 0 Å². The topological polar surface area (TPSA) is 27.0 Å². The number of likely N-dealkylation sites (N-methyl/N-ethyl adjacent to an activating group) is 1. The van der Waals surface area contributed by atoms with Crippen molar-refractivity contribution >= 4 is 36.1 Å². The van der Waals surface area contributed by atoms with Gasteiger partial charge in [-0.05, 0) is 46.9 Å². The summed E-state index contributed by atoms with van der Waals surface area (Å²) in [5, 5.41) is 0. The smallest absolute Gasteiger partial charge is 0.698 e. The van der Waals surface area contributed by atoms with Crippen molar-refractivity contribution in [3.63, 3.8) is 0 Å². The van der Waals surface area contributed by atoms with Gasteiger partial charge in [-0.15, -0.1) is 48.2 Å². The molecule has 31 heavy (non-hydrogen) atoms. The quantitative estimate of drug-likeness (QED) is 0.311. The van der Waals surface area contributed by atoms with E-state index in [4.69, 9.17) is 5.73 Å². The largest absolute Gasteiger partial charge is 2.00 e. The Morgan fingerprint density at radius 1 is 0.968 bits per heavy atom. The zero-order valence-electron chi connectivity index (χ0n) is 19.8. The van der Waals surface area contributed by atoms with E-state index < -0.39 is 0 Å². The predicted octanol–water partition coefficient (Wildman–Crippen LogP) is 8.06. The van der Waals surface area contributed by atoms with Crippen LogP contribution < -0.4 is 0 Å². The molecule has 2 nitrogen and oxygen atoms in total. The number of hydrogen-bond donors (Lipinski definition) is 0. The molecular weight excluding hydrogens is 459 g/mol. The van der Waals surface area contributed by atoms with Gasteiger partial charge in [0.15, 0.2) is 0 Å². The van der Waals surface area contributed by atoms with Gasteiger partial charge in [0.05, 0.1) is 0 Å². The van der Waals surface area contributed by atoms with E-state index in [-0.39, 0.29) is 46.5 Å². The van der Waals surface area contributed by atoms with Crippen LogP contribution in [0.25, 0.3) is 11.3 Å². The molecule has 0 aliphatic heterocycles. The molecule has 1 N–H and O–H groups in total. The maximum atomic E-state index is 7.54. The molecule has 0 unspecified atom stereocenters. The van der Waals surface area contributed by atoms with Gasteiger partial charge in [-0.2, -0.15) is 17.5 Å². The number of halogens is 2. The van der Waals surface area contributed by atoms with E-state index in [2.05, 4.69) is 76.2 Å². The molecule has 0 heterocycles. The molecule has 1 aliphatic carbocycles. The van der Waals surface area contributed by atoms with E-state index in [9.17, 15) is 0 Å². The Hall–Kier alpha value is -1.16. The van der Waals surface area contributed by atoms with Gasteiger partial charge in [0, 0.05) is 6.54 Å². The third-order valence-corrected chi connectivity index (χ3v) is 4.98. The summed E-state index contributed by atoms with van der Waals surface area (Å²) in [6.07, 6.45) is 5.61. The summed E-state index contributed by atoms with van der Waals surface area (Å²) in [7, 11) is 4.25. The van der Waals surface area contributed by atoms with Crippen molar-refractivity contribution in [2.75, 3.05) is 20.6 Å². The van der Waals surface area contributed by atoms with Crippen molar-refractivity contribution in [2.24, 2.45) is 0 Å². The molecule has 1 aliphatic rings. The summed E-state index contributed by atoms with van der Waals surface area (Å²) in [4.78, 5) is 2.23.